The molecule has 0 aliphatic rings. The maximum atomic E-state index is 10.2. The van der Waals surface area contributed by atoms with Gasteiger partial charge >= 0.3 is 0 Å². The molecule has 0 aromatic carbocycles. The van der Waals surface area contributed by atoms with Gasteiger partial charge in [0, 0.05) is 4.91 Å². The molecule has 86 valence electrons. The third-order valence-corrected chi connectivity index (χ3v) is 1.76. The van der Waals surface area contributed by atoms with Crippen molar-refractivity contribution in [3.63, 3.8) is 0 Å². The van der Waals surface area contributed by atoms with E-state index in [1.54, 1.807) is 0 Å². The second-order valence-corrected chi connectivity index (χ2v) is 2.75. The van der Waals surface area contributed by atoms with Crippen LogP contribution in [0.5, 0.6) is 0 Å². The van der Waals surface area contributed by atoms with Crippen LogP contribution >= 0.6 is 0 Å². The summed E-state index contributed by atoms with van der Waals surface area (Å²) in [6.07, 6.45) is -6.46. The number of aliphatic hydroxyl groups excluding tert-OH is 4. The van der Waals surface area contributed by atoms with Crippen molar-refractivity contribution < 1.29 is 30.3 Å². The van der Waals surface area contributed by atoms with E-state index < -0.39 is 30.6 Å². The van der Waals surface area contributed by atoms with Crippen LogP contribution in [-0.2, 0) is 4.79 Å². The molecule has 0 unspecified atom stereocenters. The minimum atomic E-state index is -2.92. The van der Waals surface area contributed by atoms with Gasteiger partial charge in [0.15, 0.2) is 6.29 Å². The molecule has 0 radical (unpaired) electrons. The Kier molecular flexibility index (Phi) is 5.15. The van der Waals surface area contributed by atoms with Gasteiger partial charge in [-0.2, -0.15) is 0 Å². The summed E-state index contributed by atoms with van der Waals surface area (Å²) >= 11 is 0. The van der Waals surface area contributed by atoms with Gasteiger partial charge in [-0.3, -0.25) is 0 Å². The molecule has 4 atom stereocenters. The van der Waals surface area contributed by atoms with E-state index in [-0.39, 0.29) is 6.29 Å². The lowest BCUT2D eigenvalue weighted by molar-refractivity contribution is -0.178. The molecule has 15 heavy (non-hydrogen) atoms. The molecule has 0 amide bonds. The normalized spacial score (nSPS) is 20.6. The van der Waals surface area contributed by atoms with Crippen LogP contribution in [0.4, 0.5) is 0 Å². The van der Waals surface area contributed by atoms with Gasteiger partial charge in [-0.1, -0.05) is 5.11 Å². The molecular weight excluding hydrogens is 210 g/mol. The first kappa shape index (κ1) is 13.8. The van der Waals surface area contributed by atoms with Crippen LogP contribution in [0.15, 0.2) is 5.11 Å². The Bertz CT molecular complexity index is 268. The van der Waals surface area contributed by atoms with E-state index in [0.717, 1.165) is 0 Å². The maximum Gasteiger partial charge on any atom is 0.205 e. The van der Waals surface area contributed by atoms with Crippen molar-refractivity contribution >= 4 is 6.29 Å². The molecule has 0 fully saturated rings. The van der Waals surface area contributed by atoms with Crippen molar-refractivity contribution in [2.75, 3.05) is 6.61 Å². The van der Waals surface area contributed by atoms with E-state index >= 15 is 0 Å². The van der Waals surface area contributed by atoms with Gasteiger partial charge in [-0.15, -0.1) is 0 Å². The standard InChI is InChI=1S/C6H11N3O6/c7-9-8-6(15,4(13)2-11)5(14)3(12)1-10/h2-5,10,12-15H,1H2/t3-,4+,5+,6-/m1/s1. The minimum absolute atomic E-state index is 0.179. The predicted molar refractivity (Wildman–Crippen MR) is 45.3 cm³/mol. The lowest BCUT2D eigenvalue weighted by atomic mass is 9.97. The van der Waals surface area contributed by atoms with Crippen molar-refractivity contribution in [1.29, 1.82) is 0 Å². The van der Waals surface area contributed by atoms with Crippen molar-refractivity contribution in [3.8, 4) is 0 Å². The second-order valence-electron chi connectivity index (χ2n) is 2.75. The summed E-state index contributed by atoms with van der Waals surface area (Å²) < 4.78 is 0. The van der Waals surface area contributed by atoms with Crippen molar-refractivity contribution in [2.24, 2.45) is 5.11 Å². The van der Waals surface area contributed by atoms with Gasteiger partial charge in [0.25, 0.3) is 0 Å². The van der Waals surface area contributed by atoms with Crippen LogP contribution < -0.4 is 0 Å². The Morgan fingerprint density at radius 3 is 2.33 bits per heavy atom. The molecule has 5 N–H and O–H groups in total. The third-order valence-electron chi connectivity index (χ3n) is 1.76. The Labute approximate surface area is 83.8 Å². The van der Waals surface area contributed by atoms with Gasteiger partial charge in [-0.05, 0) is 5.53 Å². The lowest BCUT2D eigenvalue weighted by Crippen LogP contribution is -2.56. The molecule has 0 aliphatic carbocycles. The van der Waals surface area contributed by atoms with E-state index in [0.29, 0.717) is 0 Å². The fourth-order valence-electron chi connectivity index (χ4n) is 0.848. The van der Waals surface area contributed by atoms with E-state index in [1.165, 1.54) is 0 Å². The van der Waals surface area contributed by atoms with E-state index in [4.69, 9.17) is 20.9 Å². The molecule has 9 heteroatoms. The highest BCUT2D eigenvalue weighted by Crippen LogP contribution is 2.20. The van der Waals surface area contributed by atoms with Crippen LogP contribution in [0.3, 0.4) is 0 Å². The second kappa shape index (κ2) is 5.61. The topological polar surface area (TPSA) is 167 Å². The first-order valence-electron chi connectivity index (χ1n) is 3.83. The molecule has 0 bridgehead atoms. The van der Waals surface area contributed by atoms with Crippen molar-refractivity contribution in [3.05, 3.63) is 10.4 Å². The average molecular weight is 221 g/mol. The fraction of sp³-hybridized carbons (Fsp3) is 0.833. The number of aliphatic hydroxyl groups is 5. The Morgan fingerprint density at radius 1 is 1.47 bits per heavy atom. The highest BCUT2D eigenvalue weighted by atomic mass is 16.4. The van der Waals surface area contributed by atoms with Gasteiger partial charge in [0.1, 0.15) is 18.3 Å². The zero-order chi connectivity index (χ0) is 12.1. The van der Waals surface area contributed by atoms with E-state index in [1.807, 2.05) is 0 Å². The number of hydrogen-bond donors (Lipinski definition) is 5. The van der Waals surface area contributed by atoms with Crippen LogP contribution in [-0.4, -0.2) is 62.5 Å². The summed E-state index contributed by atoms with van der Waals surface area (Å²) in [5, 5.41) is 47.7. The first-order chi connectivity index (χ1) is 6.93. The summed E-state index contributed by atoms with van der Waals surface area (Å²) in [7, 11) is 0. The van der Waals surface area contributed by atoms with Crippen LogP contribution in [0.1, 0.15) is 0 Å². The molecule has 0 heterocycles. The monoisotopic (exact) mass is 221 g/mol. The lowest BCUT2D eigenvalue weighted by Gasteiger charge is -2.32. The van der Waals surface area contributed by atoms with Gasteiger partial charge in [0.05, 0.1) is 6.61 Å². The molecule has 9 nitrogen and oxygen atoms in total. The number of aldehydes is 1. The summed E-state index contributed by atoms with van der Waals surface area (Å²) in [5.41, 5.74) is 5.15. The van der Waals surface area contributed by atoms with E-state index in [9.17, 15) is 15.0 Å². The quantitative estimate of drug-likeness (QED) is 0.141. The van der Waals surface area contributed by atoms with E-state index in [2.05, 4.69) is 10.0 Å². The number of carbonyl (C=O) groups is 1. The van der Waals surface area contributed by atoms with Gasteiger partial charge < -0.3 is 30.3 Å². The molecule has 0 rings (SSSR count). The highest BCUT2D eigenvalue weighted by Gasteiger charge is 2.45. The smallest absolute Gasteiger partial charge is 0.205 e. The molecule has 0 saturated heterocycles. The Morgan fingerprint density at radius 2 is 2.00 bits per heavy atom. The summed E-state index contributed by atoms with van der Waals surface area (Å²) in [5.74, 6) is 0. The molecule has 0 aliphatic heterocycles. The SMILES string of the molecule is [N-]=[N+]=N[C@@](O)([C@@H](O)C=O)[C@@H](O)[C@H](O)CO. The number of carbonyl (C=O) groups excluding carboxylic acids is 1. The van der Waals surface area contributed by atoms with Crippen molar-refractivity contribution in [2.45, 2.75) is 24.0 Å². The van der Waals surface area contributed by atoms with Gasteiger partial charge in [-0.25, -0.2) is 0 Å². The largest absolute Gasteiger partial charge is 0.394 e. The number of azide groups is 1. The minimum Gasteiger partial charge on any atom is -0.394 e. The molecule has 0 spiro atoms. The first-order valence-corrected chi connectivity index (χ1v) is 3.83. The Hall–Kier alpha value is -1.22. The number of hydrogen-bond acceptors (Lipinski definition) is 7. The summed E-state index contributed by atoms with van der Waals surface area (Å²) in [4.78, 5) is 12.3. The number of nitrogens with zero attached hydrogens (tertiary/aromatic N) is 3. The summed E-state index contributed by atoms with van der Waals surface area (Å²) in [6.45, 7) is -0.948. The maximum absolute atomic E-state index is 10.2. The molecular formula is C6H11N3O6. The van der Waals surface area contributed by atoms with Crippen LogP contribution in [0.2, 0.25) is 0 Å². The molecule has 0 aromatic rings. The third kappa shape index (κ3) is 2.86. The zero-order valence-corrected chi connectivity index (χ0v) is 7.50. The van der Waals surface area contributed by atoms with Crippen LogP contribution in [0.25, 0.3) is 10.4 Å². The predicted octanol–water partition coefficient (Wildman–Crippen LogP) is -2.74. The molecule has 0 aromatic heterocycles. The highest BCUT2D eigenvalue weighted by molar-refractivity contribution is 5.58. The van der Waals surface area contributed by atoms with Crippen LogP contribution in [0, 0.1) is 0 Å². The van der Waals surface area contributed by atoms with Gasteiger partial charge in [0.2, 0.25) is 5.72 Å². The summed E-state index contributed by atoms with van der Waals surface area (Å²) in [6, 6.07) is 0. The zero-order valence-electron chi connectivity index (χ0n) is 7.50. The fourth-order valence-corrected chi connectivity index (χ4v) is 0.848. The average Bonchev–Trinajstić information content (AvgIpc) is 2.25. The van der Waals surface area contributed by atoms with Crippen molar-refractivity contribution in [1.82, 2.24) is 0 Å². The number of rotatable bonds is 6. The Balaban J connectivity index is 5.09. The molecule has 0 saturated carbocycles.